The van der Waals surface area contributed by atoms with Crippen molar-refractivity contribution in [3.05, 3.63) is 45.1 Å². The van der Waals surface area contributed by atoms with Crippen molar-refractivity contribution in [2.24, 2.45) is 0 Å². The Kier molecular flexibility index (Phi) is 4.50. The van der Waals surface area contributed by atoms with Gasteiger partial charge in [-0.1, -0.05) is 41.1 Å². The minimum Gasteiger partial charge on any atom is -0.382 e. The van der Waals surface area contributed by atoms with Crippen LogP contribution in [0, 0.1) is 18.8 Å². The summed E-state index contributed by atoms with van der Waals surface area (Å²) in [5, 5.41) is 1.16. The molecular weight excluding hydrogens is 319 g/mol. The maximum absolute atomic E-state index is 6.26. The third-order valence-electron chi connectivity index (χ3n) is 3.24. The van der Waals surface area contributed by atoms with Crippen molar-refractivity contribution in [3.63, 3.8) is 0 Å². The normalized spacial score (nSPS) is 11.0. The highest BCUT2D eigenvalue weighted by Crippen LogP contribution is 2.31. The van der Waals surface area contributed by atoms with E-state index >= 15 is 0 Å². The van der Waals surface area contributed by atoms with Crippen LogP contribution in [0.25, 0.3) is 0 Å². The summed E-state index contributed by atoms with van der Waals surface area (Å²) in [5.74, 6) is 6.63. The maximum Gasteiger partial charge on any atom is 0.222 e. The standard InChI is InChI=1S/C16H16Cl2N4/c1-9-11(14(19)22-15(20)21-9)6-7-16(2,3)12-5-4-10(17)8-13(12)18/h4-5,8H,1-3H3,(H4,19,20,21,22). The van der Waals surface area contributed by atoms with E-state index in [1.165, 1.54) is 0 Å². The van der Waals surface area contributed by atoms with Crippen molar-refractivity contribution in [2.45, 2.75) is 26.2 Å². The Morgan fingerprint density at radius 3 is 2.41 bits per heavy atom. The molecule has 2 aromatic rings. The van der Waals surface area contributed by atoms with Gasteiger partial charge in [0.1, 0.15) is 5.82 Å². The second kappa shape index (κ2) is 6.04. The van der Waals surface area contributed by atoms with Crippen molar-refractivity contribution in [3.8, 4) is 11.8 Å². The number of nitrogen functional groups attached to an aromatic ring is 2. The van der Waals surface area contributed by atoms with Gasteiger partial charge in [0.25, 0.3) is 0 Å². The average molecular weight is 335 g/mol. The largest absolute Gasteiger partial charge is 0.382 e. The lowest BCUT2D eigenvalue weighted by molar-refractivity contribution is 0.698. The molecule has 0 unspecified atom stereocenters. The van der Waals surface area contributed by atoms with Crippen molar-refractivity contribution in [1.82, 2.24) is 9.97 Å². The molecule has 0 aliphatic carbocycles. The lowest BCUT2D eigenvalue weighted by Crippen LogP contribution is -2.15. The Bertz CT molecular complexity index is 765. The Hall–Kier alpha value is -1.96. The van der Waals surface area contributed by atoms with Gasteiger partial charge in [-0.3, -0.25) is 0 Å². The number of hydrogen-bond donors (Lipinski definition) is 2. The molecule has 4 nitrogen and oxygen atoms in total. The van der Waals surface area contributed by atoms with Crippen molar-refractivity contribution in [2.75, 3.05) is 11.5 Å². The summed E-state index contributed by atoms with van der Waals surface area (Å²) >= 11 is 12.2. The summed E-state index contributed by atoms with van der Waals surface area (Å²) < 4.78 is 0. The van der Waals surface area contributed by atoms with Gasteiger partial charge in [0.2, 0.25) is 5.95 Å². The van der Waals surface area contributed by atoms with Crippen LogP contribution in [0.15, 0.2) is 18.2 Å². The number of hydrogen-bond acceptors (Lipinski definition) is 4. The lowest BCUT2D eigenvalue weighted by atomic mass is 9.85. The van der Waals surface area contributed by atoms with Crippen LogP contribution in [0.5, 0.6) is 0 Å². The van der Waals surface area contributed by atoms with Crippen LogP contribution >= 0.6 is 23.2 Å². The van der Waals surface area contributed by atoms with Gasteiger partial charge in [-0.2, -0.15) is 4.98 Å². The van der Waals surface area contributed by atoms with Gasteiger partial charge >= 0.3 is 0 Å². The molecule has 22 heavy (non-hydrogen) atoms. The molecule has 0 spiro atoms. The van der Waals surface area contributed by atoms with Crippen LogP contribution in [0.2, 0.25) is 10.0 Å². The number of halogens is 2. The Balaban J connectivity index is 2.46. The van der Waals surface area contributed by atoms with Crippen LogP contribution in [0.1, 0.15) is 30.7 Å². The Morgan fingerprint density at radius 2 is 1.82 bits per heavy atom. The molecule has 1 aromatic carbocycles. The van der Waals surface area contributed by atoms with E-state index in [9.17, 15) is 0 Å². The predicted molar refractivity (Wildman–Crippen MR) is 92.0 cm³/mol. The number of nitrogens with two attached hydrogens (primary N) is 2. The average Bonchev–Trinajstić information content (AvgIpc) is 2.36. The van der Waals surface area contributed by atoms with Gasteiger partial charge in [0.05, 0.1) is 16.7 Å². The fraction of sp³-hybridized carbons (Fsp3) is 0.250. The molecule has 0 fully saturated rings. The van der Waals surface area contributed by atoms with Gasteiger partial charge in [0.15, 0.2) is 0 Å². The van der Waals surface area contributed by atoms with Crippen molar-refractivity contribution >= 4 is 35.0 Å². The van der Waals surface area contributed by atoms with E-state index in [1.54, 1.807) is 19.1 Å². The van der Waals surface area contributed by atoms with Crippen LogP contribution in [-0.4, -0.2) is 9.97 Å². The highest BCUT2D eigenvalue weighted by Gasteiger charge is 2.21. The Morgan fingerprint density at radius 1 is 1.14 bits per heavy atom. The van der Waals surface area contributed by atoms with E-state index in [1.807, 2.05) is 19.9 Å². The molecule has 0 aliphatic heterocycles. The van der Waals surface area contributed by atoms with E-state index in [-0.39, 0.29) is 11.8 Å². The van der Waals surface area contributed by atoms with Crippen LogP contribution in [0.4, 0.5) is 11.8 Å². The van der Waals surface area contributed by atoms with E-state index in [4.69, 9.17) is 34.7 Å². The molecule has 2 rings (SSSR count). The van der Waals surface area contributed by atoms with Crippen LogP contribution in [-0.2, 0) is 5.41 Å². The van der Waals surface area contributed by atoms with E-state index in [2.05, 4.69) is 21.8 Å². The molecule has 114 valence electrons. The molecule has 4 N–H and O–H groups in total. The zero-order chi connectivity index (χ0) is 16.5. The molecule has 0 bridgehead atoms. The summed E-state index contributed by atoms with van der Waals surface area (Å²) in [6.07, 6.45) is 0. The van der Waals surface area contributed by atoms with Crippen molar-refractivity contribution in [1.29, 1.82) is 0 Å². The molecule has 0 aliphatic rings. The van der Waals surface area contributed by atoms with Crippen LogP contribution < -0.4 is 11.5 Å². The van der Waals surface area contributed by atoms with Crippen LogP contribution in [0.3, 0.4) is 0 Å². The lowest BCUT2D eigenvalue weighted by Gasteiger charge is -2.20. The second-order valence-electron chi connectivity index (χ2n) is 5.43. The molecule has 1 heterocycles. The number of aryl methyl sites for hydroxylation is 1. The monoisotopic (exact) mass is 334 g/mol. The first kappa shape index (κ1) is 16.4. The molecule has 0 saturated heterocycles. The van der Waals surface area contributed by atoms with E-state index < -0.39 is 5.41 Å². The van der Waals surface area contributed by atoms with Crippen molar-refractivity contribution < 1.29 is 0 Å². The molecule has 0 saturated carbocycles. The minimum absolute atomic E-state index is 0.139. The first-order chi connectivity index (χ1) is 10.2. The van der Waals surface area contributed by atoms with Gasteiger partial charge < -0.3 is 11.5 Å². The topological polar surface area (TPSA) is 77.8 Å². The number of benzene rings is 1. The molecule has 6 heteroatoms. The summed E-state index contributed by atoms with van der Waals surface area (Å²) in [7, 11) is 0. The molecule has 0 atom stereocenters. The highest BCUT2D eigenvalue weighted by atomic mass is 35.5. The molecular formula is C16H16Cl2N4. The number of nitrogens with zero attached hydrogens (tertiary/aromatic N) is 2. The molecule has 1 aromatic heterocycles. The van der Waals surface area contributed by atoms with E-state index in [0.717, 1.165) is 5.56 Å². The smallest absolute Gasteiger partial charge is 0.222 e. The summed E-state index contributed by atoms with van der Waals surface area (Å²) in [4.78, 5) is 8.01. The fourth-order valence-corrected chi connectivity index (χ4v) is 2.70. The predicted octanol–water partition coefficient (Wildman–Crippen LogP) is 3.59. The van der Waals surface area contributed by atoms with Gasteiger partial charge in [-0.15, -0.1) is 0 Å². The number of rotatable bonds is 1. The SMILES string of the molecule is Cc1nc(N)nc(N)c1C#CC(C)(C)c1ccc(Cl)cc1Cl. The van der Waals surface area contributed by atoms with Gasteiger partial charge in [-0.05, 0) is 38.5 Å². The first-order valence-electron chi connectivity index (χ1n) is 6.59. The zero-order valence-corrected chi connectivity index (χ0v) is 14.0. The number of anilines is 2. The summed E-state index contributed by atoms with van der Waals surface area (Å²) in [6, 6.07) is 5.36. The third-order valence-corrected chi connectivity index (χ3v) is 3.79. The van der Waals surface area contributed by atoms with Gasteiger partial charge in [0, 0.05) is 10.0 Å². The highest BCUT2D eigenvalue weighted by molar-refractivity contribution is 6.35. The fourth-order valence-electron chi connectivity index (χ4n) is 2.05. The Labute approximate surface area is 139 Å². The summed E-state index contributed by atoms with van der Waals surface area (Å²) in [5.41, 5.74) is 13.0. The summed E-state index contributed by atoms with van der Waals surface area (Å²) in [6.45, 7) is 5.73. The second-order valence-corrected chi connectivity index (χ2v) is 6.27. The van der Waals surface area contributed by atoms with Gasteiger partial charge in [-0.25, -0.2) is 4.98 Å². The molecule has 0 amide bonds. The molecule has 0 radical (unpaired) electrons. The zero-order valence-electron chi connectivity index (χ0n) is 12.5. The first-order valence-corrected chi connectivity index (χ1v) is 7.34. The quantitative estimate of drug-likeness (QED) is 0.781. The third kappa shape index (κ3) is 3.44. The van der Waals surface area contributed by atoms with E-state index in [0.29, 0.717) is 21.3 Å². The number of aromatic nitrogens is 2. The minimum atomic E-state index is -0.484. The maximum atomic E-state index is 6.26.